The zero-order valence-corrected chi connectivity index (χ0v) is 9.34. The monoisotopic (exact) mass is 237 g/mol. The normalized spacial score (nSPS) is 15.3. The molecular formula is C8H9Cl2NOS. The van der Waals surface area contributed by atoms with E-state index in [1.54, 1.807) is 19.1 Å². The molecule has 1 atom stereocenters. The van der Waals surface area contributed by atoms with E-state index >= 15 is 0 Å². The Morgan fingerprint density at radius 2 is 2.08 bits per heavy atom. The van der Waals surface area contributed by atoms with Crippen molar-refractivity contribution in [3.8, 4) is 0 Å². The second kappa shape index (κ2) is 3.86. The van der Waals surface area contributed by atoms with Crippen molar-refractivity contribution in [1.29, 1.82) is 4.78 Å². The summed E-state index contributed by atoms with van der Waals surface area (Å²) in [6.45, 7) is 1.69. The summed E-state index contributed by atoms with van der Waals surface area (Å²) >= 11 is 11.5. The summed E-state index contributed by atoms with van der Waals surface area (Å²) in [6, 6.07) is 4.64. The van der Waals surface area contributed by atoms with Gasteiger partial charge in [-0.25, -0.2) is 8.99 Å². The van der Waals surface area contributed by atoms with E-state index in [-0.39, 0.29) is 5.75 Å². The fourth-order valence-corrected chi connectivity index (χ4v) is 2.65. The molecule has 5 heteroatoms. The van der Waals surface area contributed by atoms with E-state index in [2.05, 4.69) is 0 Å². The molecule has 72 valence electrons. The lowest BCUT2D eigenvalue weighted by molar-refractivity contribution is 0.675. The Labute approximate surface area is 87.8 Å². The number of rotatable bonds is 2. The third-order valence-electron chi connectivity index (χ3n) is 1.66. The van der Waals surface area contributed by atoms with Crippen LogP contribution in [0.15, 0.2) is 23.1 Å². The van der Waals surface area contributed by atoms with Crippen LogP contribution in [0.1, 0.15) is 6.92 Å². The molecule has 0 unspecified atom stereocenters. The summed E-state index contributed by atoms with van der Waals surface area (Å²) in [5, 5.41) is 0.786. The highest BCUT2D eigenvalue weighted by atomic mass is 35.5. The van der Waals surface area contributed by atoms with Crippen molar-refractivity contribution in [3.05, 3.63) is 28.2 Å². The van der Waals surface area contributed by atoms with Crippen LogP contribution in [-0.4, -0.2) is 9.96 Å². The first kappa shape index (κ1) is 10.8. The van der Waals surface area contributed by atoms with Crippen molar-refractivity contribution in [3.63, 3.8) is 0 Å². The molecular weight excluding hydrogens is 229 g/mol. The Morgan fingerprint density at radius 1 is 1.46 bits per heavy atom. The van der Waals surface area contributed by atoms with Crippen molar-refractivity contribution in [2.45, 2.75) is 11.8 Å². The van der Waals surface area contributed by atoms with E-state index < -0.39 is 9.73 Å². The summed E-state index contributed by atoms with van der Waals surface area (Å²) in [4.78, 5) is 0.362. The Kier molecular flexibility index (Phi) is 3.22. The molecule has 0 bridgehead atoms. The molecule has 0 fully saturated rings. The topological polar surface area (TPSA) is 40.9 Å². The minimum atomic E-state index is -2.74. The van der Waals surface area contributed by atoms with E-state index in [4.69, 9.17) is 28.0 Å². The number of hydrogen-bond acceptors (Lipinski definition) is 2. The number of halogens is 2. The zero-order valence-electron chi connectivity index (χ0n) is 7.01. The van der Waals surface area contributed by atoms with Gasteiger partial charge in [-0.15, -0.1) is 0 Å². The van der Waals surface area contributed by atoms with Crippen molar-refractivity contribution >= 4 is 32.9 Å². The van der Waals surface area contributed by atoms with Gasteiger partial charge in [-0.1, -0.05) is 30.1 Å². The van der Waals surface area contributed by atoms with Gasteiger partial charge in [-0.3, -0.25) is 0 Å². The first-order valence-electron chi connectivity index (χ1n) is 3.69. The Bertz CT molecular complexity index is 414. The molecule has 13 heavy (non-hydrogen) atoms. The SMILES string of the molecule is CC[S@@](=N)(=O)c1ccc(Cl)cc1Cl. The molecule has 1 aromatic rings. The molecule has 0 amide bonds. The predicted molar refractivity (Wildman–Crippen MR) is 56.1 cm³/mol. The van der Waals surface area contributed by atoms with E-state index in [1.165, 1.54) is 6.07 Å². The Morgan fingerprint density at radius 3 is 2.54 bits per heavy atom. The van der Waals surface area contributed by atoms with Crippen LogP contribution in [0.4, 0.5) is 0 Å². The molecule has 0 aliphatic rings. The molecule has 1 aromatic carbocycles. The van der Waals surface area contributed by atoms with Gasteiger partial charge in [-0.05, 0) is 18.2 Å². The molecule has 0 saturated heterocycles. The van der Waals surface area contributed by atoms with Gasteiger partial charge < -0.3 is 0 Å². The Hall–Kier alpha value is -0.250. The van der Waals surface area contributed by atoms with Gasteiger partial charge in [0.2, 0.25) is 0 Å². The molecule has 0 aliphatic heterocycles. The minimum absolute atomic E-state index is 0.258. The summed E-state index contributed by atoms with van der Waals surface area (Å²) in [6.07, 6.45) is 0. The van der Waals surface area contributed by atoms with Crippen LogP contribution in [0.5, 0.6) is 0 Å². The van der Waals surface area contributed by atoms with Crippen molar-refractivity contribution < 1.29 is 4.21 Å². The van der Waals surface area contributed by atoms with Crippen molar-refractivity contribution in [2.24, 2.45) is 0 Å². The van der Waals surface area contributed by atoms with Crippen LogP contribution in [0.3, 0.4) is 0 Å². The standard InChI is InChI=1S/C8H9Cl2NOS/c1-2-13(11,12)8-4-3-6(9)5-7(8)10/h3-5,11H,2H2,1H3/t13-/m1/s1. The van der Waals surface area contributed by atoms with Gasteiger partial charge in [0.15, 0.2) is 0 Å². The highest BCUT2D eigenvalue weighted by molar-refractivity contribution is 7.92. The van der Waals surface area contributed by atoms with E-state index in [9.17, 15) is 4.21 Å². The maximum atomic E-state index is 11.6. The molecule has 1 rings (SSSR count). The number of nitrogens with one attached hydrogen (secondary N) is 1. The van der Waals surface area contributed by atoms with Crippen molar-refractivity contribution in [2.75, 3.05) is 5.75 Å². The van der Waals surface area contributed by atoms with E-state index in [0.29, 0.717) is 14.9 Å². The minimum Gasteiger partial charge on any atom is -0.249 e. The van der Waals surface area contributed by atoms with Gasteiger partial charge in [0.1, 0.15) is 0 Å². The summed E-state index contributed by atoms with van der Waals surface area (Å²) < 4.78 is 19.2. The second-order valence-electron chi connectivity index (χ2n) is 2.54. The molecule has 0 heterocycles. The highest BCUT2D eigenvalue weighted by Gasteiger charge is 2.11. The number of hydrogen-bond donors (Lipinski definition) is 1. The van der Waals surface area contributed by atoms with Gasteiger partial charge in [0, 0.05) is 10.8 Å². The van der Waals surface area contributed by atoms with Crippen LogP contribution in [0.2, 0.25) is 10.0 Å². The third-order valence-corrected chi connectivity index (χ3v) is 4.20. The van der Waals surface area contributed by atoms with Crippen molar-refractivity contribution in [1.82, 2.24) is 0 Å². The maximum absolute atomic E-state index is 11.6. The van der Waals surface area contributed by atoms with Crippen LogP contribution in [0, 0.1) is 4.78 Å². The average molecular weight is 238 g/mol. The quantitative estimate of drug-likeness (QED) is 0.842. The van der Waals surface area contributed by atoms with Gasteiger partial charge >= 0.3 is 0 Å². The molecule has 0 aliphatic carbocycles. The van der Waals surface area contributed by atoms with Gasteiger partial charge in [0.25, 0.3) is 0 Å². The Balaban J connectivity index is 3.33. The van der Waals surface area contributed by atoms with Gasteiger partial charge in [0.05, 0.1) is 19.6 Å². The summed E-state index contributed by atoms with van der Waals surface area (Å²) in [5.41, 5.74) is 0. The van der Waals surface area contributed by atoms with Crippen LogP contribution in [0.25, 0.3) is 0 Å². The fourth-order valence-electron chi connectivity index (χ4n) is 0.898. The lowest BCUT2D eigenvalue weighted by Gasteiger charge is -2.06. The molecule has 1 N–H and O–H groups in total. The third kappa shape index (κ3) is 2.36. The summed E-state index contributed by atoms with van der Waals surface area (Å²) in [7, 11) is -2.74. The molecule has 0 radical (unpaired) electrons. The van der Waals surface area contributed by atoms with Crippen LogP contribution < -0.4 is 0 Å². The average Bonchev–Trinajstić information content (AvgIpc) is 2.03. The lowest BCUT2D eigenvalue weighted by atomic mass is 10.4. The lowest BCUT2D eigenvalue weighted by Crippen LogP contribution is -2.01. The smallest absolute Gasteiger partial charge is 0.0738 e. The van der Waals surface area contributed by atoms with Gasteiger partial charge in [-0.2, -0.15) is 0 Å². The molecule has 0 saturated carbocycles. The van der Waals surface area contributed by atoms with E-state index in [1.807, 2.05) is 0 Å². The second-order valence-corrected chi connectivity index (χ2v) is 5.75. The zero-order chi connectivity index (χ0) is 10.1. The molecule has 0 aromatic heterocycles. The highest BCUT2D eigenvalue weighted by Crippen LogP contribution is 2.25. The maximum Gasteiger partial charge on any atom is 0.0738 e. The molecule has 2 nitrogen and oxygen atoms in total. The molecule has 0 spiro atoms. The first-order chi connectivity index (χ1) is 5.97. The van der Waals surface area contributed by atoms with Crippen LogP contribution >= 0.6 is 23.2 Å². The number of benzene rings is 1. The predicted octanol–water partition coefficient (Wildman–Crippen LogP) is 3.42. The summed E-state index contributed by atoms with van der Waals surface area (Å²) in [5.74, 6) is 0.258. The van der Waals surface area contributed by atoms with E-state index in [0.717, 1.165) is 0 Å². The largest absolute Gasteiger partial charge is 0.249 e. The fraction of sp³-hybridized carbons (Fsp3) is 0.250. The van der Waals surface area contributed by atoms with Crippen LogP contribution in [-0.2, 0) is 9.73 Å². The first-order valence-corrected chi connectivity index (χ1v) is 6.17.